The Morgan fingerprint density at radius 2 is 1.44 bits per heavy atom. The van der Waals surface area contributed by atoms with Gasteiger partial charge in [-0.2, -0.15) is 4.31 Å². The topological polar surface area (TPSA) is 84.9 Å². The monoisotopic (exact) mass is 482 g/mol. The third-order valence-electron chi connectivity index (χ3n) is 6.30. The number of nitrogens with zero attached hydrogens (tertiary/aromatic N) is 4. The molecule has 0 amide bonds. The van der Waals surface area contributed by atoms with E-state index in [-0.39, 0.29) is 0 Å². The summed E-state index contributed by atoms with van der Waals surface area (Å²) in [5, 5.41) is 8.77. The van der Waals surface area contributed by atoms with Crippen LogP contribution in [-0.2, 0) is 10.0 Å². The van der Waals surface area contributed by atoms with Crippen LogP contribution in [0.2, 0.25) is 0 Å². The van der Waals surface area contributed by atoms with Gasteiger partial charge in [0.15, 0.2) is 17.3 Å². The number of hydrogen-bond donors (Lipinski definition) is 0. The van der Waals surface area contributed by atoms with Gasteiger partial charge in [0.05, 0.1) is 24.8 Å². The molecule has 1 aliphatic heterocycles. The molecule has 9 heteroatoms. The molecule has 0 radical (unpaired) electrons. The van der Waals surface area contributed by atoms with Gasteiger partial charge in [-0.05, 0) is 73.9 Å². The molecule has 2 heterocycles. The molecule has 8 nitrogen and oxygen atoms in total. The number of methoxy groups -OCH3 is 2. The van der Waals surface area contributed by atoms with Gasteiger partial charge in [0.2, 0.25) is 10.0 Å². The summed E-state index contributed by atoms with van der Waals surface area (Å²) in [5.41, 5.74) is 4.44. The van der Waals surface area contributed by atoms with E-state index in [9.17, 15) is 8.42 Å². The summed E-state index contributed by atoms with van der Waals surface area (Å²) in [6, 6.07) is 13.1. The van der Waals surface area contributed by atoms with Crippen LogP contribution in [0.15, 0.2) is 47.4 Å². The molecule has 180 valence electrons. The van der Waals surface area contributed by atoms with Gasteiger partial charge in [-0.15, -0.1) is 10.2 Å². The van der Waals surface area contributed by atoms with Crippen LogP contribution in [0.1, 0.15) is 16.7 Å². The average molecular weight is 483 g/mol. The van der Waals surface area contributed by atoms with E-state index in [0.29, 0.717) is 42.6 Å². The van der Waals surface area contributed by atoms with Gasteiger partial charge in [0.1, 0.15) is 0 Å². The van der Waals surface area contributed by atoms with E-state index in [1.54, 1.807) is 24.6 Å². The molecular weight excluding hydrogens is 452 g/mol. The third-order valence-corrected chi connectivity index (χ3v) is 8.34. The van der Waals surface area contributed by atoms with Gasteiger partial charge in [-0.25, -0.2) is 8.42 Å². The van der Waals surface area contributed by atoms with E-state index in [1.165, 1.54) is 0 Å². The Balaban J connectivity index is 1.46. The van der Waals surface area contributed by atoms with Crippen LogP contribution in [0.4, 0.5) is 5.82 Å². The van der Waals surface area contributed by atoms with E-state index in [1.807, 2.05) is 57.2 Å². The van der Waals surface area contributed by atoms with Crippen molar-refractivity contribution in [2.24, 2.45) is 0 Å². The lowest BCUT2D eigenvalue weighted by molar-refractivity contribution is 0.355. The SMILES string of the molecule is COc1ccc(-c2ccc(N3CCN(S(=O)(=O)c4cc(C)c(C)cc4C)CC3)nn2)cc1OC. The van der Waals surface area contributed by atoms with Crippen molar-refractivity contribution in [1.82, 2.24) is 14.5 Å². The second-order valence-electron chi connectivity index (χ2n) is 8.44. The fourth-order valence-corrected chi connectivity index (χ4v) is 5.87. The summed E-state index contributed by atoms with van der Waals surface area (Å²) >= 11 is 0. The highest BCUT2D eigenvalue weighted by molar-refractivity contribution is 7.89. The lowest BCUT2D eigenvalue weighted by Crippen LogP contribution is -2.49. The van der Waals surface area contributed by atoms with Crippen LogP contribution >= 0.6 is 0 Å². The Labute approximate surface area is 201 Å². The number of aromatic nitrogens is 2. The van der Waals surface area contributed by atoms with E-state index < -0.39 is 10.0 Å². The molecule has 4 rings (SSSR count). The highest BCUT2D eigenvalue weighted by Gasteiger charge is 2.30. The van der Waals surface area contributed by atoms with Crippen molar-refractivity contribution in [2.45, 2.75) is 25.7 Å². The van der Waals surface area contributed by atoms with Gasteiger partial charge in [0, 0.05) is 31.7 Å². The van der Waals surface area contributed by atoms with Gasteiger partial charge < -0.3 is 14.4 Å². The number of hydrogen-bond acceptors (Lipinski definition) is 7. The molecule has 1 aromatic heterocycles. The van der Waals surface area contributed by atoms with Gasteiger partial charge in [0.25, 0.3) is 0 Å². The maximum atomic E-state index is 13.3. The highest BCUT2D eigenvalue weighted by Crippen LogP contribution is 2.32. The quantitative estimate of drug-likeness (QED) is 0.531. The van der Waals surface area contributed by atoms with Crippen LogP contribution < -0.4 is 14.4 Å². The Hall–Kier alpha value is -3.17. The molecule has 2 aromatic carbocycles. The molecule has 0 N–H and O–H groups in total. The van der Waals surface area contributed by atoms with Gasteiger partial charge in [-0.3, -0.25) is 0 Å². The third kappa shape index (κ3) is 4.58. The molecule has 0 unspecified atom stereocenters. The van der Waals surface area contributed by atoms with E-state index in [0.717, 1.165) is 33.8 Å². The molecular formula is C25H30N4O4S. The smallest absolute Gasteiger partial charge is 0.243 e. The molecule has 0 bridgehead atoms. The first-order valence-electron chi connectivity index (χ1n) is 11.1. The Bertz CT molecular complexity index is 1290. The minimum Gasteiger partial charge on any atom is -0.493 e. The van der Waals surface area contributed by atoms with Crippen LogP contribution in [0, 0.1) is 20.8 Å². The molecule has 3 aromatic rings. The summed E-state index contributed by atoms with van der Waals surface area (Å²) in [5.74, 6) is 2.01. The van der Waals surface area contributed by atoms with Crippen molar-refractivity contribution in [3.63, 3.8) is 0 Å². The second-order valence-corrected chi connectivity index (χ2v) is 10.3. The van der Waals surface area contributed by atoms with E-state index in [4.69, 9.17) is 9.47 Å². The molecule has 34 heavy (non-hydrogen) atoms. The van der Waals surface area contributed by atoms with E-state index >= 15 is 0 Å². The van der Waals surface area contributed by atoms with Crippen molar-refractivity contribution in [3.8, 4) is 22.8 Å². The largest absolute Gasteiger partial charge is 0.493 e. The first kappa shape index (κ1) is 24.0. The van der Waals surface area contributed by atoms with Crippen LogP contribution in [0.3, 0.4) is 0 Å². The summed E-state index contributed by atoms with van der Waals surface area (Å²) in [4.78, 5) is 2.45. The van der Waals surface area contributed by atoms with Crippen molar-refractivity contribution in [3.05, 3.63) is 59.2 Å². The number of benzene rings is 2. The Morgan fingerprint density at radius 1 is 0.765 bits per heavy atom. The fraction of sp³-hybridized carbons (Fsp3) is 0.360. The maximum absolute atomic E-state index is 13.3. The summed E-state index contributed by atoms with van der Waals surface area (Å²) in [6.07, 6.45) is 0. The van der Waals surface area contributed by atoms with Gasteiger partial charge >= 0.3 is 0 Å². The first-order valence-corrected chi connectivity index (χ1v) is 12.6. The summed E-state index contributed by atoms with van der Waals surface area (Å²) in [6.45, 7) is 7.68. The van der Waals surface area contributed by atoms with Crippen LogP contribution in [0.5, 0.6) is 11.5 Å². The van der Waals surface area contributed by atoms with E-state index in [2.05, 4.69) is 15.1 Å². The van der Waals surface area contributed by atoms with Crippen molar-refractivity contribution in [1.29, 1.82) is 0 Å². The van der Waals surface area contributed by atoms with Crippen molar-refractivity contribution in [2.75, 3.05) is 45.3 Å². The highest BCUT2D eigenvalue weighted by atomic mass is 32.2. The second kappa shape index (κ2) is 9.60. The molecule has 1 fully saturated rings. The first-order chi connectivity index (χ1) is 16.2. The van der Waals surface area contributed by atoms with Gasteiger partial charge in [-0.1, -0.05) is 6.07 Å². The number of rotatable bonds is 6. The Morgan fingerprint density at radius 3 is 2.06 bits per heavy atom. The summed E-state index contributed by atoms with van der Waals surface area (Å²) in [7, 11) is -0.352. The number of anilines is 1. The zero-order chi connectivity index (χ0) is 24.5. The minimum absolute atomic E-state index is 0.392. The average Bonchev–Trinajstić information content (AvgIpc) is 2.86. The zero-order valence-corrected chi connectivity index (χ0v) is 21.0. The molecule has 1 saturated heterocycles. The lowest BCUT2D eigenvalue weighted by Gasteiger charge is -2.34. The summed E-state index contributed by atoms with van der Waals surface area (Å²) < 4.78 is 38.8. The molecule has 0 saturated carbocycles. The maximum Gasteiger partial charge on any atom is 0.243 e. The van der Waals surface area contributed by atoms with Crippen LogP contribution in [0.25, 0.3) is 11.3 Å². The normalized spacial score (nSPS) is 14.8. The Kier molecular flexibility index (Phi) is 6.77. The van der Waals surface area contributed by atoms with Crippen LogP contribution in [-0.4, -0.2) is 63.3 Å². The van der Waals surface area contributed by atoms with Crippen molar-refractivity contribution >= 4 is 15.8 Å². The minimum atomic E-state index is -3.54. The number of piperazine rings is 1. The predicted octanol–water partition coefficient (Wildman–Crippen LogP) is 3.60. The molecule has 0 spiro atoms. The fourth-order valence-electron chi connectivity index (χ4n) is 4.15. The number of sulfonamides is 1. The standard InChI is InChI=1S/C25H30N4O4S/c1-17-14-19(3)24(15-18(17)2)34(30,31)29-12-10-28(11-13-29)25-9-7-21(26-27-25)20-6-8-22(32-4)23(16-20)33-5/h6-9,14-16H,10-13H2,1-5H3. The zero-order valence-electron chi connectivity index (χ0n) is 20.2. The molecule has 0 atom stereocenters. The molecule has 0 aliphatic carbocycles. The predicted molar refractivity (Wildman–Crippen MR) is 132 cm³/mol. The molecule has 1 aliphatic rings. The number of ether oxygens (including phenoxy) is 2. The van der Waals surface area contributed by atoms with Crippen molar-refractivity contribution < 1.29 is 17.9 Å². The lowest BCUT2D eigenvalue weighted by atomic mass is 10.1. The number of aryl methyl sites for hydroxylation is 3.